The minimum Gasteiger partial charge on any atom is -0.497 e. The molecule has 1 N–H and O–H groups in total. The fourth-order valence-corrected chi connectivity index (χ4v) is 2.44. The summed E-state index contributed by atoms with van der Waals surface area (Å²) in [5.74, 6) is 0.765. The van der Waals surface area contributed by atoms with Crippen LogP contribution in [-0.2, 0) is 9.59 Å². The molecule has 0 bridgehead atoms. The van der Waals surface area contributed by atoms with E-state index in [0.717, 1.165) is 11.3 Å². The Balaban J connectivity index is 2.67. The Labute approximate surface area is 145 Å². The summed E-state index contributed by atoms with van der Waals surface area (Å²) in [5.41, 5.74) is 0.588. The smallest absolute Gasteiger partial charge is 0.225 e. The van der Waals surface area contributed by atoms with Crippen molar-refractivity contribution in [2.45, 2.75) is 47.1 Å². The van der Waals surface area contributed by atoms with E-state index in [2.05, 4.69) is 5.32 Å². The number of carbonyl (C=O) groups excluding carboxylic acids is 2. The molecule has 1 unspecified atom stereocenters. The number of nitrogens with zero attached hydrogens (tertiary/aromatic N) is 1. The molecular weight excluding hydrogens is 304 g/mol. The quantitative estimate of drug-likeness (QED) is 0.833. The molecule has 0 saturated heterocycles. The van der Waals surface area contributed by atoms with Crippen molar-refractivity contribution in [2.24, 2.45) is 5.41 Å². The molecule has 0 aromatic heterocycles. The normalized spacial score (nSPS) is 12.4. The van der Waals surface area contributed by atoms with Crippen LogP contribution in [0, 0.1) is 5.41 Å². The van der Waals surface area contributed by atoms with E-state index in [1.54, 1.807) is 7.11 Å². The first-order valence-corrected chi connectivity index (χ1v) is 8.42. The molecule has 24 heavy (non-hydrogen) atoms. The van der Waals surface area contributed by atoms with Crippen LogP contribution in [0.2, 0.25) is 0 Å². The van der Waals surface area contributed by atoms with Crippen molar-refractivity contribution >= 4 is 11.8 Å². The molecule has 0 aliphatic heterocycles. The molecule has 0 aliphatic carbocycles. The van der Waals surface area contributed by atoms with Crippen LogP contribution < -0.4 is 10.1 Å². The van der Waals surface area contributed by atoms with Gasteiger partial charge in [-0.15, -0.1) is 0 Å². The van der Waals surface area contributed by atoms with Gasteiger partial charge in [-0.05, 0) is 31.5 Å². The summed E-state index contributed by atoms with van der Waals surface area (Å²) >= 11 is 0. The van der Waals surface area contributed by atoms with E-state index in [1.165, 1.54) is 0 Å². The lowest BCUT2D eigenvalue weighted by atomic mass is 9.96. The highest BCUT2D eigenvalue weighted by Gasteiger charge is 2.23. The van der Waals surface area contributed by atoms with Crippen molar-refractivity contribution in [3.8, 4) is 5.75 Å². The Morgan fingerprint density at radius 1 is 1.29 bits per heavy atom. The third-order valence-electron chi connectivity index (χ3n) is 4.01. The number of benzene rings is 1. The number of hydrogen-bond donors (Lipinski definition) is 1. The van der Waals surface area contributed by atoms with E-state index in [-0.39, 0.29) is 17.9 Å². The van der Waals surface area contributed by atoms with Gasteiger partial charge >= 0.3 is 0 Å². The topological polar surface area (TPSA) is 58.6 Å². The first kappa shape index (κ1) is 20.0. The molecule has 1 aromatic carbocycles. The second-order valence-corrected chi connectivity index (χ2v) is 6.89. The number of hydrogen-bond acceptors (Lipinski definition) is 3. The van der Waals surface area contributed by atoms with Crippen molar-refractivity contribution < 1.29 is 14.3 Å². The SMILES string of the molecule is CCN(C(=O)CCNC(=O)C(C)(C)C)C(C)c1cccc(OC)c1. The predicted octanol–water partition coefficient (Wildman–Crippen LogP) is 3.16. The zero-order valence-electron chi connectivity index (χ0n) is 15.7. The minimum atomic E-state index is -0.443. The molecule has 1 atom stereocenters. The van der Waals surface area contributed by atoms with Crippen molar-refractivity contribution in [1.82, 2.24) is 10.2 Å². The second-order valence-electron chi connectivity index (χ2n) is 6.89. The van der Waals surface area contributed by atoms with Gasteiger partial charge in [0.2, 0.25) is 11.8 Å². The zero-order valence-corrected chi connectivity index (χ0v) is 15.7. The zero-order chi connectivity index (χ0) is 18.3. The molecule has 1 rings (SSSR count). The number of nitrogens with one attached hydrogen (secondary N) is 1. The van der Waals surface area contributed by atoms with E-state index >= 15 is 0 Å². The van der Waals surface area contributed by atoms with Gasteiger partial charge in [-0.3, -0.25) is 9.59 Å². The van der Waals surface area contributed by atoms with Gasteiger partial charge in [-0.2, -0.15) is 0 Å². The molecule has 0 fully saturated rings. The summed E-state index contributed by atoms with van der Waals surface area (Å²) < 4.78 is 5.25. The van der Waals surface area contributed by atoms with E-state index in [9.17, 15) is 9.59 Å². The van der Waals surface area contributed by atoms with Crippen molar-refractivity contribution in [3.05, 3.63) is 29.8 Å². The van der Waals surface area contributed by atoms with Crippen LogP contribution in [0.1, 0.15) is 52.6 Å². The van der Waals surface area contributed by atoms with Crippen LogP contribution in [0.25, 0.3) is 0 Å². The van der Waals surface area contributed by atoms with Crippen molar-refractivity contribution in [1.29, 1.82) is 0 Å². The summed E-state index contributed by atoms with van der Waals surface area (Å²) in [7, 11) is 1.63. The lowest BCUT2D eigenvalue weighted by Gasteiger charge is -2.29. The Bertz CT molecular complexity index is 564. The Morgan fingerprint density at radius 3 is 2.50 bits per heavy atom. The van der Waals surface area contributed by atoms with Gasteiger partial charge in [0.1, 0.15) is 5.75 Å². The maximum absolute atomic E-state index is 12.5. The van der Waals surface area contributed by atoms with Crippen molar-refractivity contribution in [2.75, 3.05) is 20.2 Å². The van der Waals surface area contributed by atoms with E-state index in [4.69, 9.17) is 4.74 Å². The summed E-state index contributed by atoms with van der Waals surface area (Å²) in [4.78, 5) is 26.2. The highest BCUT2D eigenvalue weighted by molar-refractivity contribution is 5.82. The maximum atomic E-state index is 12.5. The molecule has 1 aromatic rings. The number of amides is 2. The Kier molecular flexibility index (Phi) is 7.26. The van der Waals surface area contributed by atoms with Gasteiger partial charge in [0.15, 0.2) is 0 Å². The van der Waals surface area contributed by atoms with Crippen LogP contribution in [-0.4, -0.2) is 36.9 Å². The fraction of sp³-hybridized carbons (Fsp3) is 0.579. The molecule has 0 saturated carbocycles. The van der Waals surface area contributed by atoms with Crippen LogP contribution >= 0.6 is 0 Å². The summed E-state index contributed by atoms with van der Waals surface area (Å²) in [5, 5.41) is 2.82. The predicted molar refractivity (Wildman–Crippen MR) is 95.9 cm³/mol. The van der Waals surface area contributed by atoms with Crippen LogP contribution in [0.15, 0.2) is 24.3 Å². The first-order chi connectivity index (χ1) is 11.2. The summed E-state index contributed by atoms with van der Waals surface area (Å²) in [6.45, 7) is 10.5. The van der Waals surface area contributed by atoms with E-state index in [0.29, 0.717) is 19.5 Å². The van der Waals surface area contributed by atoms with E-state index < -0.39 is 5.41 Å². The lowest BCUT2D eigenvalue weighted by molar-refractivity contribution is -0.133. The number of ether oxygens (including phenoxy) is 1. The highest BCUT2D eigenvalue weighted by atomic mass is 16.5. The summed E-state index contributed by atoms with van der Waals surface area (Å²) in [6, 6.07) is 7.70. The Hall–Kier alpha value is -2.04. The standard InChI is InChI=1S/C19H30N2O3/c1-7-21(14(2)15-9-8-10-16(13-15)24-6)17(22)11-12-20-18(23)19(3,4)5/h8-10,13-14H,7,11-12H2,1-6H3,(H,20,23). The molecule has 0 spiro atoms. The monoisotopic (exact) mass is 334 g/mol. The van der Waals surface area contributed by atoms with Crippen LogP contribution in [0.4, 0.5) is 0 Å². The second kappa shape index (κ2) is 8.71. The highest BCUT2D eigenvalue weighted by Crippen LogP contribution is 2.24. The van der Waals surface area contributed by atoms with Gasteiger partial charge in [0.25, 0.3) is 0 Å². The molecule has 0 aliphatic rings. The Morgan fingerprint density at radius 2 is 1.96 bits per heavy atom. The van der Waals surface area contributed by atoms with Crippen LogP contribution in [0.5, 0.6) is 5.75 Å². The van der Waals surface area contributed by atoms with Gasteiger partial charge in [-0.1, -0.05) is 32.9 Å². The molecule has 134 valence electrons. The number of rotatable bonds is 7. The minimum absolute atomic E-state index is 0.0297. The third-order valence-corrected chi connectivity index (χ3v) is 4.01. The number of carbonyl (C=O) groups is 2. The third kappa shape index (κ3) is 5.55. The molecule has 5 heteroatoms. The fourth-order valence-electron chi connectivity index (χ4n) is 2.44. The first-order valence-electron chi connectivity index (χ1n) is 8.42. The van der Waals surface area contributed by atoms with Crippen LogP contribution in [0.3, 0.4) is 0 Å². The molecule has 2 amide bonds. The molecule has 0 heterocycles. The summed E-state index contributed by atoms with van der Waals surface area (Å²) in [6.07, 6.45) is 0.296. The molecule has 5 nitrogen and oxygen atoms in total. The van der Waals surface area contributed by atoms with Gasteiger partial charge in [-0.25, -0.2) is 0 Å². The van der Waals surface area contributed by atoms with Gasteiger partial charge in [0.05, 0.1) is 13.2 Å². The number of methoxy groups -OCH3 is 1. The average molecular weight is 334 g/mol. The average Bonchev–Trinajstić information content (AvgIpc) is 2.54. The maximum Gasteiger partial charge on any atom is 0.225 e. The van der Waals surface area contributed by atoms with Crippen molar-refractivity contribution in [3.63, 3.8) is 0 Å². The van der Waals surface area contributed by atoms with Gasteiger partial charge in [0, 0.05) is 24.9 Å². The molecular formula is C19H30N2O3. The largest absolute Gasteiger partial charge is 0.497 e. The molecule has 0 radical (unpaired) electrons. The van der Waals surface area contributed by atoms with E-state index in [1.807, 2.05) is 63.8 Å². The van der Waals surface area contributed by atoms with Gasteiger partial charge < -0.3 is 15.0 Å². The lowest BCUT2D eigenvalue weighted by Crippen LogP contribution is -2.39.